The zero-order valence-corrected chi connectivity index (χ0v) is 24.6. The van der Waals surface area contributed by atoms with Gasteiger partial charge >= 0.3 is 0 Å². The Morgan fingerprint density at radius 3 is 2.56 bits per heavy atom. The number of aliphatic hydroxyl groups is 1. The third-order valence-corrected chi connectivity index (χ3v) is 5.42. The average Bonchev–Trinajstić information content (AvgIpc) is 3.43. The predicted molar refractivity (Wildman–Crippen MR) is 124 cm³/mol. The monoisotopic (exact) mass is 696 g/mol. The Morgan fingerprint density at radius 1 is 1.38 bits per heavy atom. The molecule has 9 heteroatoms. The number of amides is 1. The minimum Gasteiger partial charge on any atom is -0.537 e. The number of carbonyl (C=O) groups is 1. The van der Waals surface area contributed by atoms with Crippen LogP contribution in [0.5, 0.6) is 0 Å². The first kappa shape index (κ1) is 30.4. The third-order valence-electron chi connectivity index (χ3n) is 5.42. The van der Waals surface area contributed by atoms with Crippen LogP contribution in [0.15, 0.2) is 28.8 Å². The molecule has 1 aliphatic rings. The van der Waals surface area contributed by atoms with E-state index in [4.69, 9.17) is 15.8 Å². The molecule has 0 spiro atoms. The standard InChI is InChI=1S/C15H24N2O3.C10H9FNO.U/c1-9(2)12-7-13(20-16-12)14(10(3)4)15(19)17-6-5-11(18)8-17;1-3-8-4-5-9(7-13-12-2)10(11)6-8;/h7,9-11,14,18H,5-6,8H2,1-4H3;1,4-6H,7H2,2H3;/q;-1;. The number of hydroxylamine groups is 1. The number of terminal acetylenes is 1. The molecule has 1 fully saturated rings. The van der Waals surface area contributed by atoms with E-state index < -0.39 is 6.10 Å². The second kappa shape index (κ2) is 14.7. The van der Waals surface area contributed by atoms with E-state index in [0.29, 0.717) is 36.4 Å². The number of rotatable bonds is 7. The summed E-state index contributed by atoms with van der Waals surface area (Å²) in [5.41, 5.74) is 5.25. The van der Waals surface area contributed by atoms with Crippen LogP contribution >= 0.6 is 0 Å². The van der Waals surface area contributed by atoms with Crippen molar-refractivity contribution in [3.8, 4) is 12.3 Å². The van der Waals surface area contributed by atoms with Crippen molar-refractivity contribution in [2.75, 3.05) is 20.1 Å². The molecule has 2 unspecified atom stereocenters. The molecule has 1 amide bonds. The van der Waals surface area contributed by atoms with E-state index in [-0.39, 0.29) is 67.2 Å². The van der Waals surface area contributed by atoms with E-state index in [1.54, 1.807) is 17.0 Å². The molecule has 1 aromatic carbocycles. The fourth-order valence-corrected chi connectivity index (χ4v) is 3.48. The van der Waals surface area contributed by atoms with E-state index in [1.165, 1.54) is 13.1 Å². The summed E-state index contributed by atoms with van der Waals surface area (Å²) in [6.45, 7) is 9.28. The first-order valence-electron chi connectivity index (χ1n) is 11.1. The number of hydrogen-bond donors (Lipinski definition) is 1. The Labute approximate surface area is 225 Å². The number of likely N-dealkylation sites (tertiary alicyclic amines) is 1. The van der Waals surface area contributed by atoms with Gasteiger partial charge < -0.3 is 24.8 Å². The summed E-state index contributed by atoms with van der Waals surface area (Å²) in [5.74, 6) is 2.74. The summed E-state index contributed by atoms with van der Waals surface area (Å²) in [6.07, 6.45) is 5.36. The molecule has 0 bridgehead atoms. The maximum Gasteiger partial charge on any atom is 0.233 e. The number of β-amino-alcohol motifs (C(OH)–C–C–N with tert-alkyl or cyclic N) is 1. The Bertz CT molecular complexity index is 958. The minimum absolute atomic E-state index is 0. The second-order valence-corrected chi connectivity index (χ2v) is 8.66. The van der Waals surface area contributed by atoms with Crippen LogP contribution in [0.25, 0.3) is 5.48 Å². The van der Waals surface area contributed by atoms with Crippen LogP contribution in [-0.2, 0) is 16.2 Å². The van der Waals surface area contributed by atoms with Crippen LogP contribution in [0.4, 0.5) is 4.39 Å². The number of hydrogen-bond acceptors (Lipinski definition) is 5. The molecule has 3 rings (SSSR count). The van der Waals surface area contributed by atoms with Crippen LogP contribution < -0.4 is 0 Å². The van der Waals surface area contributed by atoms with Gasteiger partial charge in [0.2, 0.25) is 5.91 Å². The molecule has 1 N–H and O–H groups in total. The van der Waals surface area contributed by atoms with Crippen LogP contribution in [0.1, 0.15) is 68.5 Å². The molecule has 1 saturated heterocycles. The van der Waals surface area contributed by atoms with Crippen molar-refractivity contribution in [2.24, 2.45) is 5.92 Å². The van der Waals surface area contributed by atoms with Gasteiger partial charge in [0.1, 0.15) is 17.5 Å². The smallest absolute Gasteiger partial charge is 0.233 e. The molecule has 1 aromatic heterocycles. The van der Waals surface area contributed by atoms with Gasteiger partial charge in [0.05, 0.1) is 18.4 Å². The Morgan fingerprint density at radius 2 is 2.09 bits per heavy atom. The molecule has 2 aromatic rings. The zero-order chi connectivity index (χ0) is 24.5. The van der Waals surface area contributed by atoms with E-state index in [1.807, 2.05) is 33.8 Å². The normalized spacial score (nSPS) is 16.0. The number of aliphatic hydroxyl groups excluding tert-OH is 1. The SMILES string of the molecule is C#Cc1ccc(CO[N-]C)c(F)c1.CC(C)c1cc(C(C(=O)N2CCC(O)C2)C(C)C)on1.[U]. The summed E-state index contributed by atoms with van der Waals surface area (Å²) in [7, 11) is 1.49. The van der Waals surface area contributed by atoms with E-state index in [9.17, 15) is 14.3 Å². The Balaban J connectivity index is 0.000000360. The fourth-order valence-electron chi connectivity index (χ4n) is 3.48. The molecule has 0 saturated carbocycles. The summed E-state index contributed by atoms with van der Waals surface area (Å²) >= 11 is 0. The summed E-state index contributed by atoms with van der Waals surface area (Å²) < 4.78 is 18.5. The van der Waals surface area contributed by atoms with Gasteiger partial charge in [-0.05, 0) is 30.4 Å². The van der Waals surface area contributed by atoms with Crippen LogP contribution in [-0.4, -0.2) is 47.3 Å². The molecule has 0 aliphatic carbocycles. The van der Waals surface area contributed by atoms with Crippen molar-refractivity contribution in [2.45, 2.75) is 58.7 Å². The molecule has 1 aliphatic heterocycles. The number of benzene rings is 1. The van der Waals surface area contributed by atoms with Crippen molar-refractivity contribution in [1.82, 2.24) is 10.1 Å². The molecule has 184 valence electrons. The zero-order valence-electron chi connectivity index (χ0n) is 20.4. The van der Waals surface area contributed by atoms with Gasteiger partial charge in [-0.3, -0.25) is 4.79 Å². The quantitative estimate of drug-likeness (QED) is 0.343. The van der Waals surface area contributed by atoms with E-state index in [0.717, 1.165) is 5.69 Å². The van der Waals surface area contributed by atoms with E-state index >= 15 is 0 Å². The molecule has 2 atom stereocenters. The molecular formula is C25H33FN3O4U-. The van der Waals surface area contributed by atoms with Gasteiger partial charge in [0.15, 0.2) is 0 Å². The van der Waals surface area contributed by atoms with Crippen LogP contribution in [0.2, 0.25) is 0 Å². The number of carbonyl (C=O) groups excluding carboxylic acids is 1. The predicted octanol–water partition coefficient (Wildman–Crippen LogP) is 4.37. The number of nitrogens with zero attached hydrogens (tertiary/aromatic N) is 3. The van der Waals surface area contributed by atoms with Crippen LogP contribution in [0, 0.1) is 55.2 Å². The van der Waals surface area contributed by atoms with Gasteiger partial charge in [-0.2, -0.15) is 0 Å². The van der Waals surface area contributed by atoms with Gasteiger partial charge in [-0.25, -0.2) is 4.39 Å². The summed E-state index contributed by atoms with van der Waals surface area (Å²) in [4.78, 5) is 19.1. The first-order valence-corrected chi connectivity index (χ1v) is 11.1. The Kier molecular flexibility index (Phi) is 13.1. The summed E-state index contributed by atoms with van der Waals surface area (Å²) in [5, 5.41) is 13.6. The largest absolute Gasteiger partial charge is 0.537 e. The van der Waals surface area contributed by atoms with Crippen molar-refractivity contribution < 1.29 is 54.8 Å². The third kappa shape index (κ3) is 8.52. The van der Waals surface area contributed by atoms with Crippen molar-refractivity contribution in [3.05, 3.63) is 58.1 Å². The summed E-state index contributed by atoms with van der Waals surface area (Å²) in [6, 6.07) is 6.45. The molecule has 34 heavy (non-hydrogen) atoms. The van der Waals surface area contributed by atoms with Crippen molar-refractivity contribution >= 4 is 5.91 Å². The molecule has 7 nitrogen and oxygen atoms in total. The average molecular weight is 697 g/mol. The minimum atomic E-state index is -0.396. The van der Waals surface area contributed by atoms with Gasteiger partial charge in [0.25, 0.3) is 0 Å². The number of halogens is 1. The maximum atomic E-state index is 13.1. The topological polar surface area (TPSA) is 89.9 Å². The van der Waals surface area contributed by atoms with Crippen molar-refractivity contribution in [1.29, 1.82) is 0 Å². The van der Waals surface area contributed by atoms with Gasteiger partial charge in [-0.15, -0.1) is 13.5 Å². The molecule has 2 heterocycles. The first-order chi connectivity index (χ1) is 15.7. The molecular weight excluding hydrogens is 663 g/mol. The van der Waals surface area contributed by atoms with E-state index in [2.05, 4.69) is 16.6 Å². The number of aromatic nitrogens is 1. The fraction of sp³-hybridized carbons (Fsp3) is 0.520. The van der Waals surface area contributed by atoms with Gasteiger partial charge in [-0.1, -0.05) is 44.8 Å². The molecule has 0 radical (unpaired) electrons. The Hall–Kier alpha value is -1.68. The second-order valence-electron chi connectivity index (χ2n) is 8.66. The van der Waals surface area contributed by atoms with Crippen molar-refractivity contribution in [3.63, 3.8) is 0 Å². The maximum absolute atomic E-state index is 13.1. The van der Waals surface area contributed by atoms with Gasteiger partial charge in [0, 0.05) is 61.4 Å². The van der Waals surface area contributed by atoms with Crippen LogP contribution in [0.3, 0.4) is 0 Å².